The Hall–Kier alpha value is -1.75. The summed E-state index contributed by atoms with van der Waals surface area (Å²) in [6.45, 7) is 5.99. The first kappa shape index (κ1) is 16.3. The van der Waals surface area contributed by atoms with E-state index in [1.165, 1.54) is 0 Å². The Morgan fingerprint density at radius 1 is 1.20 bits per heavy atom. The summed E-state index contributed by atoms with van der Waals surface area (Å²) < 4.78 is 4.81. The van der Waals surface area contributed by atoms with Crippen LogP contribution >= 0.6 is 0 Å². The minimum atomic E-state index is -0.307. The molecule has 0 N–H and O–H groups in total. The summed E-state index contributed by atoms with van der Waals surface area (Å²) in [4.78, 5) is 29.1. The number of Topliss-reactive ketones (excluding diaryl/α,β-unsaturated/α-hetero) is 1. The van der Waals surface area contributed by atoms with Gasteiger partial charge in [-0.2, -0.15) is 0 Å². The molecule has 0 saturated carbocycles. The van der Waals surface area contributed by atoms with E-state index in [4.69, 9.17) is 4.74 Å². The Morgan fingerprint density at radius 3 is 2.50 bits per heavy atom. The number of hydrogen-bond acceptors (Lipinski definition) is 5. The first-order valence-electron chi connectivity index (χ1n) is 6.94. The number of esters is 1. The number of hydrogen-bond donors (Lipinski definition) is 0. The van der Waals surface area contributed by atoms with Gasteiger partial charge in [-0.1, -0.05) is 6.92 Å². The number of nitrogens with zero attached hydrogens (tertiary/aromatic N) is 2. The van der Waals surface area contributed by atoms with Crippen LogP contribution in [-0.4, -0.2) is 41.3 Å². The molecule has 0 radical (unpaired) electrons. The van der Waals surface area contributed by atoms with E-state index in [1.54, 1.807) is 19.3 Å². The van der Waals surface area contributed by atoms with Gasteiger partial charge in [-0.25, -0.2) is 0 Å². The molecule has 0 bridgehead atoms. The van der Waals surface area contributed by atoms with Crippen LogP contribution < -0.4 is 0 Å². The highest BCUT2D eigenvalue weighted by Crippen LogP contribution is 2.04. The average Bonchev–Trinajstić information content (AvgIpc) is 2.46. The van der Waals surface area contributed by atoms with Crippen LogP contribution in [0.2, 0.25) is 0 Å². The van der Waals surface area contributed by atoms with Crippen molar-refractivity contribution in [3.05, 3.63) is 30.1 Å². The van der Waals surface area contributed by atoms with Gasteiger partial charge in [0, 0.05) is 25.4 Å². The number of likely N-dealkylation sites (N-methyl/N-ethyl adjacent to an activating group) is 1. The van der Waals surface area contributed by atoms with Crippen LogP contribution in [-0.2, 0) is 20.9 Å². The molecule has 0 aromatic carbocycles. The summed E-state index contributed by atoms with van der Waals surface area (Å²) in [5, 5.41) is 0. The smallest absolute Gasteiger partial charge is 0.306 e. The summed E-state index contributed by atoms with van der Waals surface area (Å²) in [5.41, 5.74) is 1.13. The normalized spacial score (nSPS) is 10.6. The van der Waals surface area contributed by atoms with E-state index in [0.717, 1.165) is 12.1 Å². The fourth-order valence-electron chi connectivity index (χ4n) is 1.83. The fourth-order valence-corrected chi connectivity index (χ4v) is 1.83. The zero-order valence-electron chi connectivity index (χ0n) is 12.2. The van der Waals surface area contributed by atoms with Crippen molar-refractivity contribution >= 4 is 11.8 Å². The Kier molecular flexibility index (Phi) is 7.50. The predicted molar refractivity (Wildman–Crippen MR) is 76.1 cm³/mol. The van der Waals surface area contributed by atoms with Crippen LogP contribution in [0.5, 0.6) is 0 Å². The predicted octanol–water partition coefficient (Wildman–Crippen LogP) is 1.82. The van der Waals surface area contributed by atoms with Gasteiger partial charge in [0.2, 0.25) is 0 Å². The molecule has 0 atom stereocenters. The topological polar surface area (TPSA) is 59.5 Å². The molecule has 20 heavy (non-hydrogen) atoms. The van der Waals surface area contributed by atoms with E-state index in [1.807, 2.05) is 24.0 Å². The first-order valence-corrected chi connectivity index (χ1v) is 6.94. The van der Waals surface area contributed by atoms with E-state index >= 15 is 0 Å². The molecule has 5 nitrogen and oxygen atoms in total. The molecule has 0 unspecified atom stereocenters. The van der Waals surface area contributed by atoms with Crippen LogP contribution in [0, 0.1) is 0 Å². The molecule has 1 heterocycles. The molecule has 0 aliphatic heterocycles. The third kappa shape index (κ3) is 6.43. The Morgan fingerprint density at radius 2 is 1.90 bits per heavy atom. The van der Waals surface area contributed by atoms with Crippen LogP contribution in [0.15, 0.2) is 24.5 Å². The minimum absolute atomic E-state index is 0.0639. The fraction of sp³-hybridized carbons (Fsp3) is 0.533. The van der Waals surface area contributed by atoms with E-state index in [9.17, 15) is 9.59 Å². The number of carbonyl (C=O) groups excluding carboxylic acids is 2. The minimum Gasteiger partial charge on any atom is -0.466 e. The largest absolute Gasteiger partial charge is 0.466 e. The maximum atomic E-state index is 11.8. The van der Waals surface area contributed by atoms with Crippen molar-refractivity contribution in [1.82, 2.24) is 9.88 Å². The van der Waals surface area contributed by atoms with Crippen molar-refractivity contribution in [1.29, 1.82) is 0 Å². The maximum absolute atomic E-state index is 11.8. The molecular weight excluding hydrogens is 256 g/mol. The number of aromatic nitrogens is 1. The zero-order chi connectivity index (χ0) is 14.8. The van der Waals surface area contributed by atoms with Gasteiger partial charge in [-0.3, -0.25) is 19.5 Å². The highest BCUT2D eigenvalue weighted by atomic mass is 16.5. The van der Waals surface area contributed by atoms with Gasteiger partial charge >= 0.3 is 5.97 Å². The van der Waals surface area contributed by atoms with Gasteiger partial charge in [-0.05, 0) is 31.2 Å². The number of rotatable bonds is 9. The molecule has 0 saturated heterocycles. The lowest BCUT2D eigenvalue weighted by atomic mass is 10.2. The second-order valence-electron chi connectivity index (χ2n) is 4.50. The summed E-state index contributed by atoms with van der Waals surface area (Å²) in [7, 11) is 0. The molecule has 0 amide bonds. The Bertz CT molecular complexity index is 420. The van der Waals surface area contributed by atoms with E-state index in [-0.39, 0.29) is 24.6 Å². The first-order chi connectivity index (χ1) is 9.65. The van der Waals surface area contributed by atoms with Gasteiger partial charge in [0.05, 0.1) is 19.6 Å². The zero-order valence-corrected chi connectivity index (χ0v) is 12.2. The molecule has 1 rings (SSSR count). The molecule has 0 spiro atoms. The SMILES string of the molecule is CCOC(=O)CCC(=O)CN(CC)Cc1ccncc1. The van der Waals surface area contributed by atoms with E-state index in [0.29, 0.717) is 19.7 Å². The summed E-state index contributed by atoms with van der Waals surface area (Å²) in [5.74, 6) is -0.244. The molecule has 0 aliphatic rings. The summed E-state index contributed by atoms with van der Waals surface area (Å²) in [6, 6.07) is 3.87. The lowest BCUT2D eigenvalue weighted by Crippen LogP contribution is -2.29. The number of carbonyl (C=O) groups is 2. The molecule has 1 aromatic heterocycles. The number of pyridine rings is 1. The standard InChI is InChI=1S/C15H22N2O3/c1-3-17(11-13-7-9-16-10-8-13)12-14(18)5-6-15(19)20-4-2/h7-10H,3-6,11-12H2,1-2H3. The highest BCUT2D eigenvalue weighted by molar-refractivity contribution is 5.84. The molecule has 0 fully saturated rings. The molecule has 5 heteroatoms. The van der Waals surface area contributed by atoms with E-state index in [2.05, 4.69) is 4.98 Å². The monoisotopic (exact) mass is 278 g/mol. The maximum Gasteiger partial charge on any atom is 0.306 e. The lowest BCUT2D eigenvalue weighted by molar-refractivity contribution is -0.144. The quantitative estimate of drug-likeness (QED) is 0.645. The van der Waals surface area contributed by atoms with Crippen molar-refractivity contribution in [2.45, 2.75) is 33.2 Å². The molecule has 110 valence electrons. The van der Waals surface area contributed by atoms with Crippen molar-refractivity contribution in [2.75, 3.05) is 19.7 Å². The van der Waals surface area contributed by atoms with Crippen LogP contribution in [0.4, 0.5) is 0 Å². The third-order valence-corrected chi connectivity index (χ3v) is 2.92. The van der Waals surface area contributed by atoms with Crippen LogP contribution in [0.1, 0.15) is 32.3 Å². The second kappa shape index (κ2) is 9.20. The third-order valence-electron chi connectivity index (χ3n) is 2.92. The second-order valence-corrected chi connectivity index (χ2v) is 4.50. The van der Waals surface area contributed by atoms with Gasteiger partial charge in [0.25, 0.3) is 0 Å². The summed E-state index contributed by atoms with van der Waals surface area (Å²) in [6.07, 6.45) is 3.89. The highest BCUT2D eigenvalue weighted by Gasteiger charge is 2.12. The van der Waals surface area contributed by atoms with Crippen molar-refractivity contribution in [3.63, 3.8) is 0 Å². The van der Waals surface area contributed by atoms with Crippen molar-refractivity contribution < 1.29 is 14.3 Å². The molecular formula is C15H22N2O3. The van der Waals surface area contributed by atoms with Crippen LogP contribution in [0.25, 0.3) is 0 Å². The van der Waals surface area contributed by atoms with E-state index < -0.39 is 0 Å². The van der Waals surface area contributed by atoms with Gasteiger partial charge in [-0.15, -0.1) is 0 Å². The Labute approximate surface area is 119 Å². The number of ether oxygens (including phenoxy) is 1. The summed E-state index contributed by atoms with van der Waals surface area (Å²) >= 11 is 0. The Balaban J connectivity index is 2.36. The van der Waals surface area contributed by atoms with Crippen molar-refractivity contribution in [3.8, 4) is 0 Å². The van der Waals surface area contributed by atoms with Gasteiger partial charge < -0.3 is 4.74 Å². The molecule has 0 aliphatic carbocycles. The lowest BCUT2D eigenvalue weighted by Gasteiger charge is -2.19. The van der Waals surface area contributed by atoms with Gasteiger partial charge in [0.1, 0.15) is 5.78 Å². The number of ketones is 1. The van der Waals surface area contributed by atoms with Crippen molar-refractivity contribution in [2.24, 2.45) is 0 Å². The molecule has 1 aromatic rings. The average molecular weight is 278 g/mol. The van der Waals surface area contributed by atoms with Gasteiger partial charge in [0.15, 0.2) is 0 Å². The van der Waals surface area contributed by atoms with Crippen LogP contribution in [0.3, 0.4) is 0 Å².